The van der Waals surface area contributed by atoms with E-state index in [9.17, 15) is 9.59 Å². The van der Waals surface area contributed by atoms with Crippen molar-refractivity contribution in [2.75, 3.05) is 11.9 Å². The van der Waals surface area contributed by atoms with E-state index >= 15 is 0 Å². The van der Waals surface area contributed by atoms with E-state index in [0.717, 1.165) is 25.7 Å². The van der Waals surface area contributed by atoms with Crippen LogP contribution in [-0.2, 0) is 4.79 Å². The molecule has 2 rings (SSSR count). The lowest BCUT2D eigenvalue weighted by atomic mass is 9.71. The zero-order chi connectivity index (χ0) is 15.3. The van der Waals surface area contributed by atoms with E-state index in [1.165, 1.54) is 6.42 Å². The Bertz CT molecular complexity index is 528. The third kappa shape index (κ3) is 4.45. The van der Waals surface area contributed by atoms with Gasteiger partial charge in [-0.2, -0.15) is 0 Å². The fourth-order valence-electron chi connectivity index (χ4n) is 3.10. The maximum Gasteiger partial charge on any atom is 0.250 e. The molecule has 1 aromatic rings. The molecule has 1 aliphatic rings. The van der Waals surface area contributed by atoms with Crippen molar-refractivity contribution < 1.29 is 9.59 Å². The van der Waals surface area contributed by atoms with Crippen LogP contribution in [0.4, 0.5) is 5.69 Å². The minimum Gasteiger partial charge on any atom is -0.366 e. The van der Waals surface area contributed by atoms with Gasteiger partial charge in [0.25, 0.3) is 5.91 Å². The van der Waals surface area contributed by atoms with Gasteiger partial charge in [-0.3, -0.25) is 9.59 Å². The van der Waals surface area contributed by atoms with E-state index in [-0.39, 0.29) is 23.7 Å². The number of anilines is 1. The Labute approximate surface area is 137 Å². The van der Waals surface area contributed by atoms with Gasteiger partial charge in [0.15, 0.2) is 0 Å². The molecule has 0 unspecified atom stereocenters. The van der Waals surface area contributed by atoms with Crippen molar-refractivity contribution in [2.45, 2.75) is 38.5 Å². The Morgan fingerprint density at radius 1 is 1.14 bits per heavy atom. The molecule has 0 bridgehead atoms. The van der Waals surface area contributed by atoms with Crippen molar-refractivity contribution >= 4 is 29.9 Å². The SMILES string of the molecule is Cl.NCC1(CC(=O)Nc2ccccc2C(N)=O)CCCCC1. The van der Waals surface area contributed by atoms with Gasteiger partial charge in [-0.25, -0.2) is 0 Å². The average molecular weight is 326 g/mol. The van der Waals surface area contributed by atoms with Crippen LogP contribution in [0.3, 0.4) is 0 Å². The standard InChI is InChI=1S/C16H23N3O2.ClH/c17-11-16(8-4-1-5-9-16)10-14(20)19-13-7-3-2-6-12(13)15(18)21;/h2-3,6-7H,1,4-5,8-11,17H2,(H2,18,21)(H,19,20);1H. The van der Waals surface area contributed by atoms with Crippen LogP contribution in [0.2, 0.25) is 0 Å². The van der Waals surface area contributed by atoms with Crippen LogP contribution in [0.15, 0.2) is 24.3 Å². The van der Waals surface area contributed by atoms with Gasteiger partial charge in [-0.05, 0) is 36.9 Å². The summed E-state index contributed by atoms with van der Waals surface area (Å²) in [6, 6.07) is 6.78. The Morgan fingerprint density at radius 2 is 1.77 bits per heavy atom. The molecule has 5 N–H and O–H groups in total. The first-order chi connectivity index (χ1) is 10.1. The van der Waals surface area contributed by atoms with Gasteiger partial charge in [0.05, 0.1) is 11.3 Å². The third-order valence-electron chi connectivity index (χ3n) is 4.35. The van der Waals surface area contributed by atoms with Crippen molar-refractivity contribution in [1.29, 1.82) is 0 Å². The summed E-state index contributed by atoms with van der Waals surface area (Å²) < 4.78 is 0. The fourth-order valence-corrected chi connectivity index (χ4v) is 3.10. The maximum absolute atomic E-state index is 12.3. The first kappa shape index (κ1) is 18.5. The number of amides is 2. The van der Waals surface area contributed by atoms with E-state index in [1.54, 1.807) is 24.3 Å². The highest BCUT2D eigenvalue weighted by Gasteiger charge is 2.33. The number of nitrogens with one attached hydrogen (secondary N) is 1. The smallest absolute Gasteiger partial charge is 0.250 e. The summed E-state index contributed by atoms with van der Waals surface area (Å²) in [5.74, 6) is -0.645. The van der Waals surface area contributed by atoms with Gasteiger partial charge in [-0.1, -0.05) is 31.4 Å². The number of nitrogens with two attached hydrogens (primary N) is 2. The summed E-state index contributed by atoms with van der Waals surface area (Å²) in [7, 11) is 0. The second-order valence-electron chi connectivity index (χ2n) is 5.90. The van der Waals surface area contributed by atoms with Gasteiger partial charge in [-0.15, -0.1) is 12.4 Å². The molecule has 0 radical (unpaired) electrons. The van der Waals surface area contributed by atoms with Gasteiger partial charge >= 0.3 is 0 Å². The number of hydrogen-bond donors (Lipinski definition) is 3. The first-order valence-corrected chi connectivity index (χ1v) is 7.45. The van der Waals surface area contributed by atoms with E-state index < -0.39 is 5.91 Å². The van der Waals surface area contributed by atoms with Crippen LogP contribution in [0.1, 0.15) is 48.9 Å². The molecule has 6 heteroatoms. The summed E-state index contributed by atoms with van der Waals surface area (Å²) in [4.78, 5) is 23.7. The van der Waals surface area contributed by atoms with Crippen molar-refractivity contribution in [2.24, 2.45) is 16.9 Å². The average Bonchev–Trinajstić information content (AvgIpc) is 2.48. The lowest BCUT2D eigenvalue weighted by Gasteiger charge is -2.35. The highest BCUT2D eigenvalue weighted by Crippen LogP contribution is 2.38. The molecule has 0 heterocycles. The minimum absolute atomic E-state index is 0. The Hall–Kier alpha value is -1.59. The molecule has 22 heavy (non-hydrogen) atoms. The second-order valence-corrected chi connectivity index (χ2v) is 5.90. The molecular weight excluding hydrogens is 302 g/mol. The Kier molecular flexibility index (Phi) is 6.84. The molecule has 122 valence electrons. The third-order valence-corrected chi connectivity index (χ3v) is 4.35. The van der Waals surface area contributed by atoms with Crippen LogP contribution in [0, 0.1) is 5.41 Å². The normalized spacial score (nSPS) is 16.4. The summed E-state index contributed by atoms with van der Waals surface area (Å²) in [5, 5.41) is 2.80. The lowest BCUT2D eigenvalue weighted by Crippen LogP contribution is -2.36. The molecule has 2 amide bonds. The molecule has 0 atom stereocenters. The highest BCUT2D eigenvalue weighted by molar-refractivity contribution is 6.03. The zero-order valence-corrected chi connectivity index (χ0v) is 13.5. The number of rotatable bonds is 5. The van der Waals surface area contributed by atoms with Crippen molar-refractivity contribution in [3.63, 3.8) is 0 Å². The van der Waals surface area contributed by atoms with E-state index in [2.05, 4.69) is 5.32 Å². The molecule has 0 aromatic heterocycles. The summed E-state index contributed by atoms with van der Waals surface area (Å²) >= 11 is 0. The quantitative estimate of drug-likeness (QED) is 0.775. The van der Waals surface area contributed by atoms with Crippen molar-refractivity contribution in [3.05, 3.63) is 29.8 Å². The van der Waals surface area contributed by atoms with Gasteiger partial charge < -0.3 is 16.8 Å². The zero-order valence-electron chi connectivity index (χ0n) is 12.6. The topological polar surface area (TPSA) is 98.2 Å². The van der Waals surface area contributed by atoms with Crippen LogP contribution in [0.25, 0.3) is 0 Å². The summed E-state index contributed by atoms with van der Waals surface area (Å²) in [5.41, 5.74) is 11.9. The first-order valence-electron chi connectivity index (χ1n) is 7.45. The van der Waals surface area contributed by atoms with Crippen LogP contribution in [-0.4, -0.2) is 18.4 Å². The molecule has 1 aliphatic carbocycles. The number of carbonyl (C=O) groups excluding carboxylic acids is 2. The van der Waals surface area contributed by atoms with Crippen LogP contribution in [0.5, 0.6) is 0 Å². The number of carbonyl (C=O) groups is 2. The monoisotopic (exact) mass is 325 g/mol. The van der Waals surface area contributed by atoms with Gasteiger partial charge in [0.2, 0.25) is 5.91 Å². The van der Waals surface area contributed by atoms with E-state index in [1.807, 2.05) is 0 Å². The maximum atomic E-state index is 12.3. The highest BCUT2D eigenvalue weighted by atomic mass is 35.5. The molecule has 0 saturated heterocycles. The van der Waals surface area contributed by atoms with Gasteiger partial charge in [0.1, 0.15) is 0 Å². The fraction of sp³-hybridized carbons (Fsp3) is 0.500. The molecular formula is C16H24ClN3O2. The van der Waals surface area contributed by atoms with Crippen molar-refractivity contribution in [3.8, 4) is 0 Å². The molecule has 0 spiro atoms. The van der Waals surface area contributed by atoms with Crippen LogP contribution < -0.4 is 16.8 Å². The molecule has 0 aliphatic heterocycles. The van der Waals surface area contributed by atoms with E-state index in [4.69, 9.17) is 11.5 Å². The number of halogens is 1. The predicted octanol–water partition coefficient (Wildman–Crippen LogP) is 2.45. The predicted molar refractivity (Wildman–Crippen MR) is 90.0 cm³/mol. The second kappa shape index (κ2) is 8.15. The molecule has 5 nitrogen and oxygen atoms in total. The summed E-state index contributed by atoms with van der Waals surface area (Å²) in [6.45, 7) is 0.526. The van der Waals surface area contributed by atoms with E-state index in [0.29, 0.717) is 24.2 Å². The number of benzene rings is 1. The largest absolute Gasteiger partial charge is 0.366 e. The molecule has 1 fully saturated rings. The Morgan fingerprint density at radius 3 is 2.36 bits per heavy atom. The summed E-state index contributed by atoms with van der Waals surface area (Å²) in [6.07, 6.45) is 5.86. The number of hydrogen-bond acceptors (Lipinski definition) is 3. The molecule has 1 saturated carbocycles. The van der Waals surface area contributed by atoms with Crippen molar-refractivity contribution in [1.82, 2.24) is 0 Å². The lowest BCUT2D eigenvalue weighted by molar-refractivity contribution is -0.118. The van der Waals surface area contributed by atoms with Gasteiger partial charge in [0, 0.05) is 6.42 Å². The molecule has 1 aromatic carbocycles. The van der Waals surface area contributed by atoms with Crippen LogP contribution >= 0.6 is 12.4 Å². The Balaban J connectivity index is 0.00000242. The number of primary amides is 1. The minimum atomic E-state index is -0.544. The number of para-hydroxylation sites is 1.